The van der Waals surface area contributed by atoms with Crippen molar-refractivity contribution in [3.63, 3.8) is 0 Å². The number of amides is 1. The molecule has 0 unspecified atom stereocenters. The van der Waals surface area contributed by atoms with E-state index in [1.165, 1.54) is 0 Å². The molecule has 0 aromatic carbocycles. The summed E-state index contributed by atoms with van der Waals surface area (Å²) < 4.78 is 15.0. The number of alkyl carbamates (subject to hydrolysis) is 1. The van der Waals surface area contributed by atoms with Gasteiger partial charge in [-0.1, -0.05) is 5.16 Å². The van der Waals surface area contributed by atoms with Gasteiger partial charge in [-0.2, -0.15) is 0 Å². The van der Waals surface area contributed by atoms with Crippen molar-refractivity contribution in [1.29, 1.82) is 0 Å². The van der Waals surface area contributed by atoms with Gasteiger partial charge in [0.05, 0.1) is 25.7 Å². The molecule has 10 heteroatoms. The van der Waals surface area contributed by atoms with Gasteiger partial charge in [-0.05, 0) is 34.6 Å². The van der Waals surface area contributed by atoms with Gasteiger partial charge < -0.3 is 29.5 Å². The normalized spacial score (nSPS) is 20.1. The number of nitrogens with one attached hydrogen (secondary N) is 1. The number of hydrogen-bond donors (Lipinski definition) is 2. The van der Waals surface area contributed by atoms with Crippen molar-refractivity contribution in [2.45, 2.75) is 58.8 Å². The van der Waals surface area contributed by atoms with Crippen LogP contribution < -0.4 is 5.32 Å². The van der Waals surface area contributed by atoms with E-state index in [-0.39, 0.29) is 25.3 Å². The Kier molecular flexibility index (Phi) is 8.48. The number of rotatable bonds is 8. The van der Waals surface area contributed by atoms with E-state index < -0.39 is 48.3 Å². The van der Waals surface area contributed by atoms with Crippen LogP contribution in [0.1, 0.15) is 41.0 Å². The molecule has 0 aliphatic carbocycles. The fourth-order valence-electron chi connectivity index (χ4n) is 2.39. The van der Waals surface area contributed by atoms with E-state index in [1.807, 2.05) is 0 Å². The second-order valence-electron chi connectivity index (χ2n) is 6.82. The molecular weight excluding hydrogens is 360 g/mol. The zero-order valence-corrected chi connectivity index (χ0v) is 16.3. The summed E-state index contributed by atoms with van der Waals surface area (Å²) in [5, 5.41) is 15.7. The van der Waals surface area contributed by atoms with Gasteiger partial charge in [-0.15, -0.1) is 0 Å². The van der Waals surface area contributed by atoms with Crippen LogP contribution in [0.4, 0.5) is 4.79 Å². The van der Waals surface area contributed by atoms with Gasteiger partial charge >= 0.3 is 18.0 Å². The number of esters is 2. The highest BCUT2D eigenvalue weighted by molar-refractivity contribution is 6.37. The summed E-state index contributed by atoms with van der Waals surface area (Å²) in [5.41, 5.74) is -0.815. The van der Waals surface area contributed by atoms with Crippen LogP contribution in [-0.2, 0) is 28.6 Å². The number of oxime groups is 1. The Labute approximate surface area is 158 Å². The van der Waals surface area contributed by atoms with Crippen LogP contribution in [0.3, 0.4) is 0 Å². The zero-order chi connectivity index (χ0) is 20.6. The summed E-state index contributed by atoms with van der Waals surface area (Å²) in [5.74, 6) is -2.18. The zero-order valence-electron chi connectivity index (χ0n) is 16.3. The first-order valence-corrected chi connectivity index (χ1v) is 8.80. The van der Waals surface area contributed by atoms with Gasteiger partial charge in [-0.25, -0.2) is 14.4 Å². The lowest BCUT2D eigenvalue weighted by Gasteiger charge is -2.25. The number of nitrogens with zero attached hydrogens (tertiary/aromatic N) is 1. The Morgan fingerprint density at radius 2 is 1.85 bits per heavy atom. The monoisotopic (exact) mass is 388 g/mol. The minimum atomic E-state index is -1.10. The lowest BCUT2D eigenvalue weighted by atomic mass is 9.93. The summed E-state index contributed by atoms with van der Waals surface area (Å²) in [6.45, 7) is 8.16. The molecule has 1 amide bonds. The van der Waals surface area contributed by atoms with Crippen molar-refractivity contribution in [3.8, 4) is 0 Å². The number of aliphatic hydroxyl groups excluding tert-OH is 1. The third kappa shape index (κ3) is 7.05. The van der Waals surface area contributed by atoms with Crippen molar-refractivity contribution < 1.29 is 38.5 Å². The van der Waals surface area contributed by atoms with Crippen LogP contribution in [0, 0.1) is 5.92 Å². The third-order valence-electron chi connectivity index (χ3n) is 3.50. The first-order valence-electron chi connectivity index (χ1n) is 8.80. The molecule has 0 fully saturated rings. The molecule has 0 spiro atoms. The molecule has 0 aromatic rings. The van der Waals surface area contributed by atoms with Gasteiger partial charge in [0.15, 0.2) is 5.71 Å². The topological polar surface area (TPSA) is 133 Å². The quantitative estimate of drug-likeness (QED) is 0.460. The van der Waals surface area contributed by atoms with Crippen LogP contribution in [0.2, 0.25) is 0 Å². The van der Waals surface area contributed by atoms with Crippen LogP contribution in [0.15, 0.2) is 5.16 Å². The van der Waals surface area contributed by atoms with E-state index >= 15 is 0 Å². The minimum Gasteiger partial charge on any atom is -0.464 e. The van der Waals surface area contributed by atoms with E-state index in [1.54, 1.807) is 34.6 Å². The van der Waals surface area contributed by atoms with E-state index in [2.05, 4.69) is 10.5 Å². The molecule has 0 aromatic heterocycles. The predicted molar refractivity (Wildman–Crippen MR) is 93.9 cm³/mol. The van der Waals surface area contributed by atoms with Crippen molar-refractivity contribution in [2.75, 3.05) is 19.8 Å². The number of carbonyl (C=O) groups excluding carboxylic acids is 3. The fourth-order valence-corrected chi connectivity index (χ4v) is 2.39. The molecule has 3 atom stereocenters. The largest absolute Gasteiger partial charge is 0.464 e. The highest BCUT2D eigenvalue weighted by atomic mass is 16.6. The lowest BCUT2D eigenvalue weighted by molar-refractivity contribution is -0.147. The smallest absolute Gasteiger partial charge is 0.408 e. The second kappa shape index (κ2) is 10.1. The SMILES string of the molecule is CCOC(=O)C1=NO[C@@H](C[C@@H](NC(=O)OC(C)(C)C)C(=O)OCC)[C@H]1CO. The Morgan fingerprint density at radius 1 is 1.22 bits per heavy atom. The summed E-state index contributed by atoms with van der Waals surface area (Å²) in [7, 11) is 0. The molecule has 0 saturated carbocycles. The van der Waals surface area contributed by atoms with E-state index in [0.29, 0.717) is 0 Å². The molecular formula is C17H28N2O8. The molecule has 1 rings (SSSR count). The molecule has 1 heterocycles. The summed E-state index contributed by atoms with van der Waals surface area (Å²) in [6.07, 6.45) is -1.69. The molecule has 10 nitrogen and oxygen atoms in total. The van der Waals surface area contributed by atoms with Crippen molar-refractivity contribution in [1.82, 2.24) is 5.32 Å². The van der Waals surface area contributed by atoms with Gasteiger partial charge in [0.1, 0.15) is 17.7 Å². The van der Waals surface area contributed by atoms with Crippen molar-refractivity contribution >= 4 is 23.7 Å². The molecule has 1 aliphatic rings. The maximum absolute atomic E-state index is 12.2. The molecule has 154 valence electrons. The maximum Gasteiger partial charge on any atom is 0.408 e. The molecule has 1 aliphatic heterocycles. The van der Waals surface area contributed by atoms with Crippen LogP contribution >= 0.6 is 0 Å². The summed E-state index contributed by atoms with van der Waals surface area (Å²) in [6, 6.07) is -1.10. The van der Waals surface area contributed by atoms with Gasteiger partial charge in [0.25, 0.3) is 0 Å². The Balaban J connectivity index is 2.84. The van der Waals surface area contributed by atoms with Gasteiger partial charge in [-0.3, -0.25) is 0 Å². The highest BCUT2D eigenvalue weighted by Gasteiger charge is 2.41. The molecule has 27 heavy (non-hydrogen) atoms. The standard InChI is InChI=1S/C17H28N2O8/c1-6-24-14(21)11(18-16(23)26-17(3,4)5)8-12-10(9-20)13(19-27-12)15(22)25-7-2/h10-12,20H,6-9H2,1-5H3,(H,18,23)/t10-,11-,12+/m1/s1. The van der Waals surface area contributed by atoms with Crippen molar-refractivity contribution in [3.05, 3.63) is 0 Å². The predicted octanol–water partition coefficient (Wildman–Crippen LogP) is 0.759. The van der Waals surface area contributed by atoms with Crippen molar-refractivity contribution in [2.24, 2.45) is 11.1 Å². The van der Waals surface area contributed by atoms with Gasteiger partial charge in [0, 0.05) is 6.42 Å². The molecule has 0 saturated heterocycles. The Hall–Kier alpha value is -2.36. The van der Waals surface area contributed by atoms with E-state index in [4.69, 9.17) is 19.0 Å². The fraction of sp³-hybridized carbons (Fsp3) is 0.765. The number of hydrogen-bond acceptors (Lipinski definition) is 9. The number of aliphatic hydroxyl groups is 1. The third-order valence-corrected chi connectivity index (χ3v) is 3.50. The average Bonchev–Trinajstić information content (AvgIpc) is 2.95. The van der Waals surface area contributed by atoms with Crippen LogP contribution in [0.5, 0.6) is 0 Å². The second-order valence-corrected chi connectivity index (χ2v) is 6.82. The van der Waals surface area contributed by atoms with Crippen LogP contribution in [-0.4, -0.2) is 66.4 Å². The minimum absolute atomic E-state index is 0.0655. The first-order chi connectivity index (χ1) is 12.6. The summed E-state index contributed by atoms with van der Waals surface area (Å²) in [4.78, 5) is 41.3. The van der Waals surface area contributed by atoms with Crippen LogP contribution in [0.25, 0.3) is 0 Å². The Bertz CT molecular complexity index is 570. The Morgan fingerprint density at radius 3 is 2.37 bits per heavy atom. The number of carbonyl (C=O) groups is 3. The molecule has 2 N–H and O–H groups in total. The van der Waals surface area contributed by atoms with E-state index in [0.717, 1.165) is 0 Å². The van der Waals surface area contributed by atoms with E-state index in [9.17, 15) is 19.5 Å². The number of ether oxygens (including phenoxy) is 3. The average molecular weight is 388 g/mol. The summed E-state index contributed by atoms with van der Waals surface area (Å²) >= 11 is 0. The highest BCUT2D eigenvalue weighted by Crippen LogP contribution is 2.24. The molecule has 0 bridgehead atoms. The van der Waals surface area contributed by atoms with Gasteiger partial charge in [0.2, 0.25) is 0 Å². The first kappa shape index (κ1) is 22.7. The molecule has 0 radical (unpaired) electrons. The lowest BCUT2D eigenvalue weighted by Crippen LogP contribution is -2.47. The maximum atomic E-state index is 12.2.